The maximum atomic E-state index is 5.53. The molecule has 0 bridgehead atoms. The van der Waals surface area contributed by atoms with Gasteiger partial charge in [-0.3, -0.25) is 0 Å². The molecule has 2 heterocycles. The number of nitrogens with one attached hydrogen (secondary N) is 1. The van der Waals surface area contributed by atoms with Crippen LogP contribution in [0.5, 0.6) is 0 Å². The molecule has 0 amide bonds. The van der Waals surface area contributed by atoms with Crippen LogP contribution in [0.15, 0.2) is 19.6 Å². The quantitative estimate of drug-likeness (QED) is 0.881. The van der Waals surface area contributed by atoms with Crippen LogP contribution in [0.3, 0.4) is 0 Å². The minimum atomic E-state index is 0.235. The summed E-state index contributed by atoms with van der Waals surface area (Å²) in [5, 5.41) is 12.6. The van der Waals surface area contributed by atoms with Gasteiger partial charge in [0.1, 0.15) is 5.88 Å². The van der Waals surface area contributed by atoms with Crippen molar-refractivity contribution >= 4 is 44.9 Å². The zero-order valence-corrected chi connectivity index (χ0v) is 10.7. The largest absolute Gasteiger partial charge is 0.407 e. The van der Waals surface area contributed by atoms with Gasteiger partial charge in [0.15, 0.2) is 0 Å². The first-order valence-electron chi connectivity index (χ1n) is 4.13. The van der Waals surface area contributed by atoms with Gasteiger partial charge >= 0.3 is 6.01 Å². The van der Waals surface area contributed by atoms with E-state index in [1.807, 2.05) is 6.07 Å². The van der Waals surface area contributed by atoms with Crippen LogP contribution in [-0.2, 0) is 12.4 Å². The maximum absolute atomic E-state index is 5.53. The third kappa shape index (κ3) is 2.93. The van der Waals surface area contributed by atoms with Gasteiger partial charge < -0.3 is 9.73 Å². The van der Waals surface area contributed by atoms with Crippen LogP contribution in [0.25, 0.3) is 0 Å². The van der Waals surface area contributed by atoms with Gasteiger partial charge in [0.05, 0.1) is 3.79 Å². The van der Waals surface area contributed by atoms with Crippen LogP contribution in [0.1, 0.15) is 11.5 Å². The lowest BCUT2D eigenvalue weighted by Gasteiger charge is -1.96. The van der Waals surface area contributed by atoms with Gasteiger partial charge in [-0.05, 0) is 32.9 Å². The zero-order valence-electron chi connectivity index (χ0n) is 7.54. The molecular weight excluding hydrogens is 302 g/mol. The minimum absolute atomic E-state index is 0.235. The van der Waals surface area contributed by atoms with Gasteiger partial charge in [-0.2, -0.15) is 0 Å². The van der Waals surface area contributed by atoms with E-state index in [1.54, 1.807) is 11.3 Å². The van der Waals surface area contributed by atoms with E-state index in [4.69, 9.17) is 16.0 Å². The van der Waals surface area contributed by atoms with Crippen LogP contribution < -0.4 is 5.32 Å². The van der Waals surface area contributed by atoms with Gasteiger partial charge in [0.2, 0.25) is 5.89 Å². The fourth-order valence-corrected chi connectivity index (χ4v) is 2.31. The van der Waals surface area contributed by atoms with Crippen LogP contribution in [0.2, 0.25) is 0 Å². The third-order valence-corrected chi connectivity index (χ3v) is 3.43. The van der Waals surface area contributed by atoms with Crippen LogP contribution >= 0.6 is 38.9 Å². The average molecular weight is 309 g/mol. The highest BCUT2D eigenvalue weighted by atomic mass is 79.9. The molecule has 0 aromatic carbocycles. The Kier molecular flexibility index (Phi) is 3.61. The van der Waals surface area contributed by atoms with E-state index < -0.39 is 0 Å². The van der Waals surface area contributed by atoms with Crippen LogP contribution in [0.4, 0.5) is 6.01 Å². The van der Waals surface area contributed by atoms with Crippen molar-refractivity contribution in [3.63, 3.8) is 0 Å². The summed E-state index contributed by atoms with van der Waals surface area (Å²) in [6.07, 6.45) is 0. The average Bonchev–Trinajstić information content (AvgIpc) is 2.83. The van der Waals surface area contributed by atoms with Gasteiger partial charge in [-0.15, -0.1) is 28.0 Å². The van der Waals surface area contributed by atoms with Crippen molar-refractivity contribution in [3.05, 3.63) is 26.7 Å². The van der Waals surface area contributed by atoms with E-state index in [-0.39, 0.29) is 5.88 Å². The summed E-state index contributed by atoms with van der Waals surface area (Å²) in [4.78, 5) is 0. The highest BCUT2D eigenvalue weighted by Gasteiger charge is 2.04. The number of thiophene rings is 1. The zero-order chi connectivity index (χ0) is 10.7. The molecule has 7 heteroatoms. The molecule has 4 nitrogen and oxygen atoms in total. The smallest absolute Gasteiger partial charge is 0.315 e. The predicted molar refractivity (Wildman–Crippen MR) is 63.2 cm³/mol. The Bertz CT molecular complexity index is 445. The summed E-state index contributed by atoms with van der Waals surface area (Å²) in [5.41, 5.74) is 1.16. The SMILES string of the molecule is ClCc1nnc(NCc2csc(Br)c2)o1. The van der Waals surface area contributed by atoms with Crippen molar-refractivity contribution in [2.24, 2.45) is 0 Å². The number of rotatable bonds is 4. The molecule has 0 saturated heterocycles. The van der Waals surface area contributed by atoms with Gasteiger partial charge in [-0.25, -0.2) is 0 Å². The second-order valence-electron chi connectivity index (χ2n) is 2.75. The normalized spacial score (nSPS) is 10.5. The number of nitrogens with zero attached hydrogens (tertiary/aromatic N) is 2. The van der Waals surface area contributed by atoms with Crippen LogP contribution in [-0.4, -0.2) is 10.2 Å². The van der Waals surface area contributed by atoms with Crippen molar-refractivity contribution in [3.8, 4) is 0 Å². The van der Waals surface area contributed by atoms with Crippen LogP contribution in [0, 0.1) is 0 Å². The standard InChI is InChI=1S/C8H7BrClN3OS/c9-6-1-5(4-15-6)3-11-8-13-12-7(2-10)14-8/h1,4H,2-3H2,(H,11,13). The highest BCUT2D eigenvalue weighted by Crippen LogP contribution is 2.21. The number of alkyl halides is 1. The van der Waals surface area contributed by atoms with E-state index in [1.165, 1.54) is 0 Å². The Hall–Kier alpha value is -0.590. The Morgan fingerprint density at radius 2 is 2.40 bits per heavy atom. The summed E-state index contributed by atoms with van der Waals surface area (Å²) in [6.45, 7) is 0.659. The Morgan fingerprint density at radius 1 is 1.53 bits per heavy atom. The summed E-state index contributed by atoms with van der Waals surface area (Å²) in [6, 6.07) is 2.43. The first-order valence-corrected chi connectivity index (χ1v) is 6.34. The molecule has 0 unspecified atom stereocenters. The molecule has 0 radical (unpaired) electrons. The van der Waals surface area contributed by atoms with E-state index in [0.717, 1.165) is 9.35 Å². The van der Waals surface area contributed by atoms with Crippen molar-refractivity contribution in [2.75, 3.05) is 5.32 Å². The number of hydrogen-bond acceptors (Lipinski definition) is 5. The number of anilines is 1. The monoisotopic (exact) mass is 307 g/mol. The Labute approximate surface area is 104 Å². The van der Waals surface area contributed by atoms with Crippen molar-refractivity contribution in [1.29, 1.82) is 0 Å². The molecular formula is C8H7BrClN3OS. The molecule has 0 aliphatic heterocycles. The molecule has 2 aromatic rings. The number of hydrogen-bond donors (Lipinski definition) is 1. The maximum Gasteiger partial charge on any atom is 0.315 e. The first kappa shape index (κ1) is 10.9. The van der Waals surface area contributed by atoms with Crippen molar-refractivity contribution < 1.29 is 4.42 Å². The van der Waals surface area contributed by atoms with E-state index >= 15 is 0 Å². The molecule has 0 fully saturated rings. The molecule has 80 valence electrons. The fourth-order valence-electron chi connectivity index (χ4n) is 0.995. The molecule has 0 aliphatic carbocycles. The molecule has 15 heavy (non-hydrogen) atoms. The Morgan fingerprint density at radius 3 is 3.00 bits per heavy atom. The van der Waals surface area contributed by atoms with Crippen molar-refractivity contribution in [2.45, 2.75) is 12.4 Å². The fraction of sp³-hybridized carbons (Fsp3) is 0.250. The second kappa shape index (κ2) is 4.96. The lowest BCUT2D eigenvalue weighted by molar-refractivity contribution is 0.525. The molecule has 2 aromatic heterocycles. The Balaban J connectivity index is 1.93. The predicted octanol–water partition coefficient (Wildman–Crippen LogP) is 3.24. The topological polar surface area (TPSA) is 51.0 Å². The lowest BCUT2D eigenvalue weighted by Crippen LogP contribution is -1.97. The summed E-state index contributed by atoms with van der Waals surface area (Å²) in [5.74, 6) is 0.657. The summed E-state index contributed by atoms with van der Waals surface area (Å²) in [7, 11) is 0. The van der Waals surface area contributed by atoms with E-state index in [9.17, 15) is 0 Å². The van der Waals surface area contributed by atoms with Crippen molar-refractivity contribution in [1.82, 2.24) is 10.2 Å². The van der Waals surface area contributed by atoms with E-state index in [0.29, 0.717) is 18.5 Å². The minimum Gasteiger partial charge on any atom is -0.407 e. The summed E-state index contributed by atoms with van der Waals surface area (Å²) >= 11 is 10.6. The van der Waals surface area contributed by atoms with Gasteiger partial charge in [-0.1, -0.05) is 5.10 Å². The first-order chi connectivity index (χ1) is 7.28. The molecule has 0 saturated carbocycles. The third-order valence-electron chi connectivity index (χ3n) is 1.65. The second-order valence-corrected chi connectivity index (χ2v) is 5.30. The summed E-state index contributed by atoms with van der Waals surface area (Å²) < 4.78 is 6.29. The molecule has 0 spiro atoms. The van der Waals surface area contributed by atoms with E-state index in [2.05, 4.69) is 36.8 Å². The molecule has 2 rings (SSSR count). The van der Waals surface area contributed by atoms with Gasteiger partial charge in [0, 0.05) is 6.54 Å². The number of halogens is 2. The van der Waals surface area contributed by atoms with Gasteiger partial charge in [0.25, 0.3) is 0 Å². The highest BCUT2D eigenvalue weighted by molar-refractivity contribution is 9.11. The molecule has 1 N–H and O–H groups in total. The molecule has 0 atom stereocenters. The molecule has 0 aliphatic rings. The number of aromatic nitrogens is 2. The lowest BCUT2D eigenvalue weighted by atomic mass is 10.3.